The molecule has 2 saturated heterocycles. The highest BCUT2D eigenvalue weighted by Gasteiger charge is 2.28. The number of guanidine groups is 1. The van der Waals surface area contributed by atoms with Gasteiger partial charge in [-0.15, -0.1) is 0 Å². The van der Waals surface area contributed by atoms with E-state index in [2.05, 4.69) is 46.3 Å². The van der Waals surface area contributed by atoms with Gasteiger partial charge in [-0.2, -0.15) is 0 Å². The highest BCUT2D eigenvalue weighted by Crippen LogP contribution is 2.15. The summed E-state index contributed by atoms with van der Waals surface area (Å²) in [4.78, 5) is 9.24. The Kier molecular flexibility index (Phi) is 6.47. The van der Waals surface area contributed by atoms with Gasteiger partial charge in [0.1, 0.15) is 0 Å². The largest absolute Gasteiger partial charge is 0.379 e. The monoisotopic (exact) mass is 311 g/mol. The van der Waals surface area contributed by atoms with Gasteiger partial charge < -0.3 is 20.3 Å². The average molecular weight is 311 g/mol. The molecule has 2 aliphatic rings. The molecular weight excluding hydrogens is 278 g/mol. The number of hydrogen-bond acceptors (Lipinski definition) is 4. The van der Waals surface area contributed by atoms with E-state index < -0.39 is 0 Å². The molecule has 0 amide bonds. The third-order valence-electron chi connectivity index (χ3n) is 4.83. The van der Waals surface area contributed by atoms with Crippen LogP contribution in [0.2, 0.25) is 0 Å². The molecule has 0 aliphatic carbocycles. The van der Waals surface area contributed by atoms with Crippen molar-refractivity contribution in [1.82, 2.24) is 20.4 Å². The van der Waals surface area contributed by atoms with Crippen molar-refractivity contribution < 1.29 is 4.74 Å². The topological polar surface area (TPSA) is 52.1 Å². The number of ether oxygens (including phenoxy) is 1. The summed E-state index contributed by atoms with van der Waals surface area (Å²) in [5.41, 5.74) is 0.106. The van der Waals surface area contributed by atoms with Gasteiger partial charge in [0.2, 0.25) is 0 Å². The molecule has 2 N–H and O–H groups in total. The summed E-state index contributed by atoms with van der Waals surface area (Å²) in [6, 6.07) is 0. The van der Waals surface area contributed by atoms with Gasteiger partial charge in [0, 0.05) is 45.3 Å². The van der Waals surface area contributed by atoms with Gasteiger partial charge in [-0.25, -0.2) is 0 Å². The first-order valence-corrected chi connectivity index (χ1v) is 8.47. The van der Waals surface area contributed by atoms with Crippen LogP contribution < -0.4 is 10.6 Å². The summed E-state index contributed by atoms with van der Waals surface area (Å²) in [6.07, 6.45) is 1.28. The minimum atomic E-state index is 0.106. The van der Waals surface area contributed by atoms with Crippen LogP contribution in [0.3, 0.4) is 0 Å². The Labute approximate surface area is 135 Å². The fraction of sp³-hybridized carbons (Fsp3) is 0.938. The molecule has 0 bridgehead atoms. The van der Waals surface area contributed by atoms with Crippen LogP contribution in [0.4, 0.5) is 0 Å². The third-order valence-corrected chi connectivity index (χ3v) is 4.83. The van der Waals surface area contributed by atoms with E-state index in [1.165, 1.54) is 19.5 Å². The van der Waals surface area contributed by atoms with E-state index in [9.17, 15) is 0 Å². The fourth-order valence-corrected chi connectivity index (χ4v) is 3.24. The molecule has 0 aromatic heterocycles. The van der Waals surface area contributed by atoms with E-state index in [0.717, 1.165) is 51.3 Å². The molecule has 1 atom stereocenters. The van der Waals surface area contributed by atoms with E-state index in [1.807, 2.05) is 7.05 Å². The lowest BCUT2D eigenvalue weighted by atomic mass is 10.0. The van der Waals surface area contributed by atoms with Crippen LogP contribution in [-0.4, -0.2) is 87.9 Å². The zero-order chi connectivity index (χ0) is 16.0. The first-order valence-electron chi connectivity index (χ1n) is 8.47. The van der Waals surface area contributed by atoms with Crippen molar-refractivity contribution in [3.63, 3.8) is 0 Å². The molecule has 0 spiro atoms. The Hall–Kier alpha value is -0.850. The van der Waals surface area contributed by atoms with Crippen LogP contribution in [0.5, 0.6) is 0 Å². The first-order chi connectivity index (χ1) is 10.5. The molecule has 0 radical (unpaired) electrons. The Morgan fingerprint density at radius 1 is 1.23 bits per heavy atom. The standard InChI is InChI=1S/C16H33N5O/c1-16(2,21-7-9-22-10-8-21)13-19-15(17-3)18-11-14-5-6-20(4)12-14/h14H,5-13H2,1-4H3,(H2,17,18,19). The number of morpholine rings is 1. The Balaban J connectivity index is 1.73. The molecule has 0 aromatic carbocycles. The Bertz CT molecular complexity index is 366. The summed E-state index contributed by atoms with van der Waals surface area (Å²) in [5, 5.41) is 6.96. The number of aliphatic imine (C=N–C) groups is 1. The van der Waals surface area contributed by atoms with Crippen molar-refractivity contribution in [2.24, 2.45) is 10.9 Å². The van der Waals surface area contributed by atoms with E-state index in [1.54, 1.807) is 0 Å². The van der Waals surface area contributed by atoms with Crippen LogP contribution in [0.1, 0.15) is 20.3 Å². The minimum absolute atomic E-state index is 0.106. The summed E-state index contributed by atoms with van der Waals surface area (Å²) in [5.74, 6) is 1.65. The van der Waals surface area contributed by atoms with Crippen molar-refractivity contribution in [2.45, 2.75) is 25.8 Å². The van der Waals surface area contributed by atoms with Gasteiger partial charge in [0.25, 0.3) is 0 Å². The van der Waals surface area contributed by atoms with E-state index in [4.69, 9.17) is 4.74 Å². The highest BCUT2D eigenvalue weighted by molar-refractivity contribution is 5.79. The molecule has 6 nitrogen and oxygen atoms in total. The lowest BCUT2D eigenvalue weighted by molar-refractivity contribution is -0.00834. The van der Waals surface area contributed by atoms with Gasteiger partial charge in [0.05, 0.1) is 13.2 Å². The summed E-state index contributed by atoms with van der Waals surface area (Å²) in [7, 11) is 4.04. The lowest BCUT2D eigenvalue weighted by Crippen LogP contribution is -2.56. The molecule has 6 heteroatoms. The number of likely N-dealkylation sites (tertiary alicyclic amines) is 1. The van der Waals surface area contributed by atoms with Gasteiger partial charge in [-0.05, 0) is 39.8 Å². The molecule has 2 fully saturated rings. The number of rotatable bonds is 5. The predicted molar refractivity (Wildman–Crippen MR) is 91.4 cm³/mol. The number of nitrogens with zero attached hydrogens (tertiary/aromatic N) is 3. The van der Waals surface area contributed by atoms with E-state index in [0.29, 0.717) is 0 Å². The normalized spacial score (nSPS) is 25.5. The van der Waals surface area contributed by atoms with Crippen molar-refractivity contribution in [3.05, 3.63) is 0 Å². The molecule has 1 unspecified atom stereocenters. The van der Waals surface area contributed by atoms with Crippen LogP contribution in [-0.2, 0) is 4.74 Å². The second-order valence-electron chi connectivity index (χ2n) is 7.14. The zero-order valence-corrected chi connectivity index (χ0v) is 14.7. The van der Waals surface area contributed by atoms with Crippen molar-refractivity contribution in [3.8, 4) is 0 Å². The summed E-state index contributed by atoms with van der Waals surface area (Å²) < 4.78 is 5.44. The number of hydrogen-bond donors (Lipinski definition) is 2. The van der Waals surface area contributed by atoms with Crippen molar-refractivity contribution in [1.29, 1.82) is 0 Å². The minimum Gasteiger partial charge on any atom is -0.379 e. The molecule has 0 aromatic rings. The van der Waals surface area contributed by atoms with Gasteiger partial charge in [0.15, 0.2) is 5.96 Å². The SMILES string of the molecule is CN=C(NCC1CCN(C)C1)NCC(C)(C)N1CCOCC1. The summed E-state index contributed by atoms with van der Waals surface area (Å²) in [6.45, 7) is 12.5. The second kappa shape index (κ2) is 8.13. The quantitative estimate of drug-likeness (QED) is 0.562. The number of nitrogens with one attached hydrogen (secondary N) is 2. The first kappa shape index (κ1) is 17.5. The van der Waals surface area contributed by atoms with Crippen LogP contribution in [0.15, 0.2) is 4.99 Å². The van der Waals surface area contributed by atoms with Crippen LogP contribution in [0, 0.1) is 5.92 Å². The maximum absolute atomic E-state index is 5.44. The highest BCUT2D eigenvalue weighted by atomic mass is 16.5. The maximum atomic E-state index is 5.44. The van der Waals surface area contributed by atoms with Crippen LogP contribution >= 0.6 is 0 Å². The van der Waals surface area contributed by atoms with E-state index in [-0.39, 0.29) is 5.54 Å². The average Bonchev–Trinajstić information content (AvgIpc) is 2.94. The fourth-order valence-electron chi connectivity index (χ4n) is 3.24. The molecule has 2 heterocycles. The molecular formula is C16H33N5O. The zero-order valence-electron chi connectivity index (χ0n) is 14.7. The Morgan fingerprint density at radius 3 is 2.55 bits per heavy atom. The predicted octanol–water partition coefficient (Wildman–Crippen LogP) is 0.214. The molecule has 2 aliphatic heterocycles. The van der Waals surface area contributed by atoms with Crippen LogP contribution in [0.25, 0.3) is 0 Å². The van der Waals surface area contributed by atoms with Crippen molar-refractivity contribution in [2.75, 3.05) is 66.6 Å². The maximum Gasteiger partial charge on any atom is 0.191 e. The Morgan fingerprint density at radius 2 is 1.95 bits per heavy atom. The molecule has 22 heavy (non-hydrogen) atoms. The molecule has 0 saturated carbocycles. The smallest absolute Gasteiger partial charge is 0.191 e. The van der Waals surface area contributed by atoms with Gasteiger partial charge >= 0.3 is 0 Å². The van der Waals surface area contributed by atoms with Crippen molar-refractivity contribution >= 4 is 5.96 Å². The molecule has 2 rings (SSSR count). The van der Waals surface area contributed by atoms with E-state index >= 15 is 0 Å². The molecule has 128 valence electrons. The second-order valence-corrected chi connectivity index (χ2v) is 7.14. The van der Waals surface area contributed by atoms with Gasteiger partial charge in [-0.3, -0.25) is 9.89 Å². The third kappa shape index (κ3) is 5.11. The van der Waals surface area contributed by atoms with Gasteiger partial charge in [-0.1, -0.05) is 0 Å². The summed E-state index contributed by atoms with van der Waals surface area (Å²) >= 11 is 0. The lowest BCUT2D eigenvalue weighted by Gasteiger charge is -2.41.